The number of fused-ring (bicyclic) bond motifs is 1. The third kappa shape index (κ3) is 4.97. The van der Waals surface area contributed by atoms with E-state index in [2.05, 4.69) is 34.6 Å². The molecular weight excluding hydrogens is 400 g/mol. The maximum Gasteiger partial charge on any atom is 0.262 e. The number of aryl methyl sites for hydroxylation is 2. The Morgan fingerprint density at radius 2 is 1.78 bits per heavy atom. The van der Waals surface area contributed by atoms with Crippen LogP contribution in [0.3, 0.4) is 0 Å². The van der Waals surface area contributed by atoms with Crippen molar-refractivity contribution in [2.45, 2.75) is 40.0 Å². The molecule has 1 N–H and O–H groups in total. The van der Waals surface area contributed by atoms with E-state index in [9.17, 15) is 4.79 Å². The topological polar surface area (TPSA) is 69.0 Å². The van der Waals surface area contributed by atoms with Gasteiger partial charge in [-0.3, -0.25) is 4.79 Å². The molecule has 0 aliphatic heterocycles. The van der Waals surface area contributed by atoms with Crippen molar-refractivity contribution in [2.24, 2.45) is 0 Å². The summed E-state index contributed by atoms with van der Waals surface area (Å²) in [7, 11) is 0. The monoisotopic (exact) mass is 428 g/mol. The molecule has 3 aromatic carbocycles. The van der Waals surface area contributed by atoms with Crippen molar-refractivity contribution in [1.29, 1.82) is 0 Å². The first-order chi connectivity index (χ1) is 15.5. The minimum absolute atomic E-state index is 0.0561. The number of anilines is 1. The van der Waals surface area contributed by atoms with Crippen LogP contribution in [0.2, 0.25) is 0 Å². The number of nitrogens with zero attached hydrogens (tertiary/aromatic N) is 3. The van der Waals surface area contributed by atoms with Gasteiger partial charge in [0.15, 0.2) is 6.61 Å². The molecule has 4 rings (SSSR count). The summed E-state index contributed by atoms with van der Waals surface area (Å²) >= 11 is 0. The zero-order chi connectivity index (χ0) is 22.5. The summed E-state index contributed by atoms with van der Waals surface area (Å²) in [6.07, 6.45) is 3.46. The lowest BCUT2D eigenvalue weighted by Gasteiger charge is -2.11. The molecule has 0 unspecified atom stereocenters. The van der Waals surface area contributed by atoms with Crippen LogP contribution < -0.4 is 10.1 Å². The summed E-state index contributed by atoms with van der Waals surface area (Å²) in [6.45, 7) is 6.14. The molecule has 32 heavy (non-hydrogen) atoms. The van der Waals surface area contributed by atoms with Gasteiger partial charge in [0.25, 0.3) is 5.91 Å². The highest BCUT2D eigenvalue weighted by Crippen LogP contribution is 2.21. The van der Waals surface area contributed by atoms with E-state index in [1.54, 1.807) is 4.80 Å². The van der Waals surface area contributed by atoms with Gasteiger partial charge < -0.3 is 10.1 Å². The smallest absolute Gasteiger partial charge is 0.262 e. The average Bonchev–Trinajstić information content (AvgIpc) is 3.22. The number of aromatic nitrogens is 3. The Hall–Kier alpha value is -3.67. The summed E-state index contributed by atoms with van der Waals surface area (Å²) in [5.74, 6) is 0.500. The van der Waals surface area contributed by atoms with E-state index in [1.165, 1.54) is 18.4 Å². The van der Waals surface area contributed by atoms with Gasteiger partial charge >= 0.3 is 0 Å². The molecular formula is C26H28N4O2. The third-order valence-corrected chi connectivity index (χ3v) is 5.56. The molecule has 6 heteroatoms. The second-order valence-electron chi connectivity index (χ2n) is 8.00. The number of rotatable bonds is 8. The molecule has 1 aromatic heterocycles. The minimum atomic E-state index is -0.222. The second-order valence-corrected chi connectivity index (χ2v) is 8.00. The number of nitrogens with one attached hydrogen (secondary N) is 1. The molecule has 0 bridgehead atoms. The molecule has 1 heterocycles. The third-order valence-electron chi connectivity index (χ3n) is 5.56. The van der Waals surface area contributed by atoms with E-state index < -0.39 is 0 Å². The fourth-order valence-electron chi connectivity index (χ4n) is 3.51. The maximum absolute atomic E-state index is 12.4. The van der Waals surface area contributed by atoms with Crippen molar-refractivity contribution in [2.75, 3.05) is 11.9 Å². The number of carbonyl (C=O) groups excluding carboxylic acids is 1. The highest BCUT2D eigenvalue weighted by molar-refractivity contribution is 5.93. The lowest BCUT2D eigenvalue weighted by molar-refractivity contribution is -0.118. The van der Waals surface area contributed by atoms with Gasteiger partial charge in [-0.05, 0) is 79.8 Å². The number of hydrogen-bond acceptors (Lipinski definition) is 4. The second kappa shape index (κ2) is 9.64. The van der Waals surface area contributed by atoms with Gasteiger partial charge in [0, 0.05) is 5.69 Å². The number of carbonyl (C=O) groups is 1. The van der Waals surface area contributed by atoms with Gasteiger partial charge in [0.05, 0.1) is 5.69 Å². The van der Waals surface area contributed by atoms with Crippen LogP contribution in [0.1, 0.15) is 36.5 Å². The van der Waals surface area contributed by atoms with E-state index in [1.807, 2.05) is 62.4 Å². The molecule has 0 radical (unpaired) electrons. The number of hydrogen-bond donors (Lipinski definition) is 1. The first-order valence-corrected chi connectivity index (χ1v) is 11.0. The molecule has 6 nitrogen and oxygen atoms in total. The zero-order valence-electron chi connectivity index (χ0n) is 18.8. The predicted molar refractivity (Wildman–Crippen MR) is 128 cm³/mol. The number of unbranched alkanes of at least 4 members (excludes halogenated alkanes) is 1. The Morgan fingerprint density at radius 3 is 2.56 bits per heavy atom. The van der Waals surface area contributed by atoms with Gasteiger partial charge in [-0.15, -0.1) is 10.2 Å². The van der Waals surface area contributed by atoms with Gasteiger partial charge in [-0.2, -0.15) is 4.80 Å². The largest absolute Gasteiger partial charge is 0.483 e. The molecule has 0 fully saturated rings. The summed E-state index contributed by atoms with van der Waals surface area (Å²) in [4.78, 5) is 14.0. The molecule has 1 amide bonds. The lowest BCUT2D eigenvalue weighted by atomic mass is 10.1. The molecule has 0 aliphatic rings. The van der Waals surface area contributed by atoms with Crippen LogP contribution in [-0.4, -0.2) is 27.5 Å². The van der Waals surface area contributed by atoms with Gasteiger partial charge in [-0.1, -0.05) is 37.6 Å². The Balaban J connectivity index is 1.42. The Labute approximate surface area is 188 Å². The van der Waals surface area contributed by atoms with Crippen molar-refractivity contribution < 1.29 is 9.53 Å². The number of benzene rings is 3. The van der Waals surface area contributed by atoms with Crippen molar-refractivity contribution in [3.8, 4) is 11.4 Å². The van der Waals surface area contributed by atoms with Crippen LogP contribution in [0, 0.1) is 13.8 Å². The van der Waals surface area contributed by atoms with Gasteiger partial charge in [0.1, 0.15) is 16.8 Å². The van der Waals surface area contributed by atoms with Crippen LogP contribution in [0.15, 0.2) is 60.7 Å². The molecule has 0 saturated heterocycles. The number of ether oxygens (including phenoxy) is 1. The first-order valence-electron chi connectivity index (χ1n) is 11.0. The Morgan fingerprint density at radius 1 is 1.00 bits per heavy atom. The summed E-state index contributed by atoms with van der Waals surface area (Å²) in [5, 5.41) is 12.0. The summed E-state index contributed by atoms with van der Waals surface area (Å²) in [5.41, 5.74) is 6.55. The van der Waals surface area contributed by atoms with E-state index >= 15 is 0 Å². The molecule has 0 aliphatic carbocycles. The quantitative estimate of drug-likeness (QED) is 0.408. The Bertz CT molecular complexity index is 1230. The molecule has 0 saturated carbocycles. The van der Waals surface area contributed by atoms with Crippen LogP contribution in [0.25, 0.3) is 16.7 Å². The van der Waals surface area contributed by atoms with Gasteiger partial charge in [-0.25, -0.2) is 0 Å². The summed E-state index contributed by atoms with van der Waals surface area (Å²) in [6, 6.07) is 19.6. The average molecular weight is 429 g/mol. The maximum atomic E-state index is 12.4. The van der Waals surface area contributed by atoms with Crippen LogP contribution in [0.4, 0.5) is 5.69 Å². The lowest BCUT2D eigenvalue weighted by Crippen LogP contribution is -2.20. The highest BCUT2D eigenvalue weighted by atomic mass is 16.5. The fraction of sp³-hybridized carbons (Fsp3) is 0.269. The van der Waals surface area contributed by atoms with Crippen molar-refractivity contribution in [3.63, 3.8) is 0 Å². The number of amides is 1. The van der Waals surface area contributed by atoms with Crippen molar-refractivity contribution in [3.05, 3.63) is 77.4 Å². The normalized spacial score (nSPS) is 11.0. The van der Waals surface area contributed by atoms with E-state index in [-0.39, 0.29) is 12.5 Å². The standard InChI is InChI=1S/C26H28N4O2/c1-4-5-8-20-10-13-22(14-11-20)30-28-23-15-12-21(16-24(23)29-30)27-26(31)17-32-25-9-6-7-18(2)19(25)3/h6-7,9-16H,4-5,8,17H2,1-3H3,(H,27,31). The highest BCUT2D eigenvalue weighted by Gasteiger charge is 2.10. The predicted octanol–water partition coefficient (Wildman–Crippen LogP) is 5.40. The Kier molecular flexibility index (Phi) is 6.50. The van der Waals surface area contributed by atoms with Crippen LogP contribution >= 0.6 is 0 Å². The van der Waals surface area contributed by atoms with E-state index in [4.69, 9.17) is 4.74 Å². The SMILES string of the molecule is CCCCc1ccc(-n2nc3ccc(NC(=O)COc4cccc(C)c4C)cc3n2)cc1. The van der Waals surface area contributed by atoms with Gasteiger partial charge in [0.2, 0.25) is 0 Å². The molecule has 164 valence electrons. The zero-order valence-corrected chi connectivity index (χ0v) is 18.8. The summed E-state index contributed by atoms with van der Waals surface area (Å²) < 4.78 is 5.69. The molecule has 4 aromatic rings. The van der Waals surface area contributed by atoms with Crippen LogP contribution in [0.5, 0.6) is 5.75 Å². The van der Waals surface area contributed by atoms with Crippen molar-refractivity contribution >= 4 is 22.6 Å². The van der Waals surface area contributed by atoms with Crippen LogP contribution in [-0.2, 0) is 11.2 Å². The van der Waals surface area contributed by atoms with E-state index in [0.29, 0.717) is 11.2 Å². The first kappa shape index (κ1) is 21.6. The van der Waals surface area contributed by atoms with E-state index in [0.717, 1.165) is 34.5 Å². The molecule has 0 spiro atoms. The van der Waals surface area contributed by atoms with Crippen molar-refractivity contribution in [1.82, 2.24) is 15.0 Å². The fourth-order valence-corrected chi connectivity index (χ4v) is 3.51. The minimum Gasteiger partial charge on any atom is -0.483 e. The molecule has 0 atom stereocenters.